The van der Waals surface area contributed by atoms with Crippen LogP contribution in [0, 0.1) is 0 Å². The molecule has 0 aromatic rings. The molecule has 4 aliphatic rings. The zero-order chi connectivity index (χ0) is 32.5. The maximum atomic E-state index is 12.0. The van der Waals surface area contributed by atoms with Crippen molar-refractivity contribution >= 4 is 47.3 Å². The molecule has 0 saturated carbocycles. The van der Waals surface area contributed by atoms with E-state index in [4.69, 9.17) is 18.9 Å². The summed E-state index contributed by atoms with van der Waals surface area (Å²) in [4.78, 5) is 99.5. The molecule has 3 unspecified atom stereocenters. The van der Waals surface area contributed by atoms with Gasteiger partial charge in [0.05, 0.1) is 65.3 Å². The fraction of sp³-hybridized carbons (Fsp3) is 0.448. The average Bonchev–Trinajstić information content (AvgIpc) is 3.72. The predicted octanol–water partition coefficient (Wildman–Crippen LogP) is -2.12. The standard InChI is InChI=1S/C29H32N4O12/c1-19(43-15-11-31-23(36)4-5-24(31)37)29(45-17-13-33-27(40)8-9-28(33)41)20(44-16-12-32-25(38)6-7-26(32)39)18-42-14-10-30-21(34)2-3-22(30)35/h2-9,19-20,29H,10-18H2,1H3. The van der Waals surface area contributed by atoms with E-state index >= 15 is 0 Å². The summed E-state index contributed by atoms with van der Waals surface area (Å²) in [6, 6.07) is 0. The van der Waals surface area contributed by atoms with Crippen molar-refractivity contribution in [2.75, 3.05) is 59.2 Å². The molecular formula is C29H32N4O12. The summed E-state index contributed by atoms with van der Waals surface area (Å²) in [6.07, 6.45) is 6.53. The average molecular weight is 629 g/mol. The number of carbonyl (C=O) groups excluding carboxylic acids is 8. The third-order valence-corrected chi connectivity index (χ3v) is 7.14. The summed E-state index contributed by atoms with van der Waals surface area (Å²) >= 11 is 0. The molecule has 0 bridgehead atoms. The topological polar surface area (TPSA) is 186 Å². The first-order chi connectivity index (χ1) is 21.6. The summed E-state index contributed by atoms with van der Waals surface area (Å²) in [5.41, 5.74) is 0. The molecular weight excluding hydrogens is 596 g/mol. The minimum absolute atomic E-state index is 0.0322. The van der Waals surface area contributed by atoms with Crippen molar-refractivity contribution < 1.29 is 57.3 Å². The number of hydrogen-bond donors (Lipinski definition) is 0. The van der Waals surface area contributed by atoms with Crippen LogP contribution >= 0.6 is 0 Å². The van der Waals surface area contributed by atoms with E-state index in [1.165, 1.54) is 0 Å². The SMILES string of the molecule is CC(OCCN1C(=O)C=CC1=O)C(OCCN1C(=O)C=CC1=O)C(COCCN1C(=O)C=CC1=O)OCCN1C(=O)C=CC1=O. The van der Waals surface area contributed by atoms with Crippen LogP contribution in [0.2, 0.25) is 0 Å². The molecule has 240 valence electrons. The van der Waals surface area contributed by atoms with Gasteiger partial charge in [0.15, 0.2) is 0 Å². The van der Waals surface area contributed by atoms with Crippen LogP contribution in [0.3, 0.4) is 0 Å². The number of imide groups is 4. The number of nitrogens with zero attached hydrogens (tertiary/aromatic N) is 4. The van der Waals surface area contributed by atoms with E-state index in [0.29, 0.717) is 0 Å². The predicted molar refractivity (Wildman–Crippen MR) is 149 cm³/mol. The zero-order valence-corrected chi connectivity index (χ0v) is 24.4. The third-order valence-electron chi connectivity index (χ3n) is 7.14. The van der Waals surface area contributed by atoms with Gasteiger partial charge in [0.25, 0.3) is 47.3 Å². The molecule has 4 heterocycles. The number of carbonyl (C=O) groups is 8. The molecule has 4 aliphatic heterocycles. The van der Waals surface area contributed by atoms with Crippen LogP contribution in [0.25, 0.3) is 0 Å². The van der Waals surface area contributed by atoms with E-state index in [1.807, 2.05) is 0 Å². The van der Waals surface area contributed by atoms with E-state index in [-0.39, 0.29) is 59.2 Å². The molecule has 0 aromatic carbocycles. The van der Waals surface area contributed by atoms with Crippen molar-refractivity contribution in [3.63, 3.8) is 0 Å². The van der Waals surface area contributed by atoms with Crippen LogP contribution in [0.15, 0.2) is 48.6 Å². The minimum Gasteiger partial charge on any atom is -0.377 e. The number of hydrogen-bond acceptors (Lipinski definition) is 12. The summed E-state index contributed by atoms with van der Waals surface area (Å²) in [6.45, 7) is 0.891. The van der Waals surface area contributed by atoms with Crippen LogP contribution in [-0.4, -0.2) is 144 Å². The summed E-state index contributed by atoms with van der Waals surface area (Å²) in [7, 11) is 0. The Kier molecular flexibility index (Phi) is 11.4. The van der Waals surface area contributed by atoms with Gasteiger partial charge in [-0.25, -0.2) is 0 Å². The highest BCUT2D eigenvalue weighted by molar-refractivity contribution is 6.14. The highest BCUT2D eigenvalue weighted by atomic mass is 16.6. The second kappa shape index (κ2) is 15.4. The van der Waals surface area contributed by atoms with Gasteiger partial charge >= 0.3 is 0 Å². The van der Waals surface area contributed by atoms with E-state index in [9.17, 15) is 38.4 Å². The number of ether oxygens (including phenoxy) is 4. The van der Waals surface area contributed by atoms with E-state index < -0.39 is 65.6 Å². The van der Waals surface area contributed by atoms with Gasteiger partial charge < -0.3 is 18.9 Å². The second-order valence-electron chi connectivity index (χ2n) is 10.0. The maximum absolute atomic E-state index is 12.0. The molecule has 16 heteroatoms. The zero-order valence-electron chi connectivity index (χ0n) is 24.4. The Bertz CT molecular complexity index is 1300. The molecule has 0 aromatic heterocycles. The lowest BCUT2D eigenvalue weighted by Crippen LogP contribution is -2.47. The molecule has 8 amide bonds. The Hall–Kier alpha value is -4.64. The molecule has 3 atom stereocenters. The Morgan fingerprint density at radius 2 is 0.778 bits per heavy atom. The molecule has 0 aliphatic carbocycles. The summed E-state index contributed by atoms with van der Waals surface area (Å²) in [5, 5.41) is 0. The first-order valence-electron chi connectivity index (χ1n) is 14.1. The Labute approximate surface area is 257 Å². The van der Waals surface area contributed by atoms with Crippen molar-refractivity contribution in [3.8, 4) is 0 Å². The monoisotopic (exact) mass is 628 g/mol. The van der Waals surface area contributed by atoms with Crippen LogP contribution in [-0.2, 0) is 57.3 Å². The molecule has 16 nitrogen and oxygen atoms in total. The Balaban J connectivity index is 1.41. The Morgan fingerprint density at radius 1 is 0.467 bits per heavy atom. The maximum Gasteiger partial charge on any atom is 0.253 e. The molecule has 0 radical (unpaired) electrons. The van der Waals surface area contributed by atoms with E-state index in [1.54, 1.807) is 6.92 Å². The molecule has 0 spiro atoms. The van der Waals surface area contributed by atoms with Gasteiger partial charge in [-0.05, 0) is 6.92 Å². The van der Waals surface area contributed by atoms with Gasteiger partial charge in [0.1, 0.15) is 12.2 Å². The van der Waals surface area contributed by atoms with Crippen LogP contribution in [0.4, 0.5) is 0 Å². The fourth-order valence-electron chi connectivity index (χ4n) is 4.74. The third kappa shape index (κ3) is 8.51. The van der Waals surface area contributed by atoms with Crippen molar-refractivity contribution in [2.45, 2.75) is 25.2 Å². The molecule has 0 saturated heterocycles. The molecule has 0 N–H and O–H groups in total. The molecule has 4 rings (SSSR count). The summed E-state index contributed by atoms with van der Waals surface area (Å²) < 4.78 is 23.8. The highest BCUT2D eigenvalue weighted by Crippen LogP contribution is 2.16. The first-order valence-corrected chi connectivity index (χ1v) is 14.1. The molecule has 0 fully saturated rings. The Morgan fingerprint density at radius 3 is 1.16 bits per heavy atom. The lowest BCUT2D eigenvalue weighted by atomic mass is 10.1. The van der Waals surface area contributed by atoms with Gasteiger partial charge in [0.2, 0.25) is 0 Å². The van der Waals surface area contributed by atoms with Crippen LogP contribution < -0.4 is 0 Å². The number of amides is 8. The first kappa shape index (κ1) is 33.3. The summed E-state index contributed by atoms with van der Waals surface area (Å²) in [5.74, 6) is -3.88. The van der Waals surface area contributed by atoms with Gasteiger partial charge in [-0.1, -0.05) is 0 Å². The normalized spacial score (nSPS) is 19.9. The van der Waals surface area contributed by atoms with Crippen molar-refractivity contribution in [2.24, 2.45) is 0 Å². The lowest BCUT2D eigenvalue weighted by Gasteiger charge is -2.33. The number of rotatable bonds is 19. The molecule has 45 heavy (non-hydrogen) atoms. The smallest absolute Gasteiger partial charge is 0.253 e. The van der Waals surface area contributed by atoms with E-state index in [2.05, 4.69) is 0 Å². The largest absolute Gasteiger partial charge is 0.377 e. The van der Waals surface area contributed by atoms with Crippen molar-refractivity contribution in [3.05, 3.63) is 48.6 Å². The van der Waals surface area contributed by atoms with Gasteiger partial charge in [-0.15, -0.1) is 0 Å². The van der Waals surface area contributed by atoms with Gasteiger partial charge in [0, 0.05) is 48.6 Å². The van der Waals surface area contributed by atoms with Crippen molar-refractivity contribution in [1.29, 1.82) is 0 Å². The van der Waals surface area contributed by atoms with Crippen LogP contribution in [0.5, 0.6) is 0 Å². The second-order valence-corrected chi connectivity index (χ2v) is 10.0. The lowest BCUT2D eigenvalue weighted by molar-refractivity contribution is -0.161. The van der Waals surface area contributed by atoms with Gasteiger partial charge in [-0.3, -0.25) is 58.0 Å². The fourth-order valence-corrected chi connectivity index (χ4v) is 4.74. The van der Waals surface area contributed by atoms with Gasteiger partial charge in [-0.2, -0.15) is 0 Å². The highest BCUT2D eigenvalue weighted by Gasteiger charge is 2.33. The van der Waals surface area contributed by atoms with Crippen LogP contribution in [0.1, 0.15) is 6.92 Å². The van der Waals surface area contributed by atoms with E-state index in [0.717, 1.165) is 68.2 Å². The van der Waals surface area contributed by atoms with Crippen molar-refractivity contribution in [1.82, 2.24) is 19.6 Å². The quantitative estimate of drug-likeness (QED) is 0.112. The minimum atomic E-state index is -0.936.